The standard InChI is InChI=1S/C18H18FNO5/c1-11-4-5-12(8-14(11)19)18(22)25-10-17(21)20-13-6-7-15(23-2)16(9-13)24-3/h4-9H,10H2,1-3H3,(H,20,21). The van der Waals surface area contributed by atoms with Crippen LogP contribution in [-0.4, -0.2) is 32.7 Å². The van der Waals surface area contributed by atoms with Gasteiger partial charge in [-0.15, -0.1) is 0 Å². The predicted octanol–water partition coefficient (Wildman–Crippen LogP) is 2.95. The van der Waals surface area contributed by atoms with Gasteiger partial charge in [-0.3, -0.25) is 4.79 Å². The van der Waals surface area contributed by atoms with E-state index >= 15 is 0 Å². The summed E-state index contributed by atoms with van der Waals surface area (Å²) in [5, 5.41) is 2.57. The van der Waals surface area contributed by atoms with Crippen molar-refractivity contribution in [3.05, 3.63) is 53.3 Å². The fourth-order valence-corrected chi connectivity index (χ4v) is 2.05. The highest BCUT2D eigenvalue weighted by Crippen LogP contribution is 2.29. The van der Waals surface area contributed by atoms with Crippen LogP contribution >= 0.6 is 0 Å². The van der Waals surface area contributed by atoms with Crippen LogP contribution in [0.2, 0.25) is 0 Å². The van der Waals surface area contributed by atoms with Crippen molar-refractivity contribution in [2.75, 3.05) is 26.1 Å². The van der Waals surface area contributed by atoms with Crippen molar-refractivity contribution in [2.24, 2.45) is 0 Å². The molecule has 2 aromatic carbocycles. The number of ether oxygens (including phenoxy) is 3. The Balaban J connectivity index is 1.94. The minimum atomic E-state index is -0.777. The van der Waals surface area contributed by atoms with Crippen LogP contribution < -0.4 is 14.8 Å². The van der Waals surface area contributed by atoms with Crippen molar-refractivity contribution in [2.45, 2.75) is 6.92 Å². The molecule has 0 saturated heterocycles. The van der Waals surface area contributed by atoms with E-state index in [4.69, 9.17) is 14.2 Å². The van der Waals surface area contributed by atoms with Crippen LogP contribution in [0.1, 0.15) is 15.9 Å². The number of nitrogens with one attached hydrogen (secondary N) is 1. The van der Waals surface area contributed by atoms with Crippen molar-refractivity contribution in [3.8, 4) is 11.5 Å². The van der Waals surface area contributed by atoms with Crippen LogP contribution in [0, 0.1) is 12.7 Å². The SMILES string of the molecule is COc1ccc(NC(=O)COC(=O)c2ccc(C)c(F)c2)cc1OC. The molecule has 0 fully saturated rings. The summed E-state index contributed by atoms with van der Waals surface area (Å²) in [5.74, 6) is -0.848. The monoisotopic (exact) mass is 347 g/mol. The van der Waals surface area contributed by atoms with E-state index < -0.39 is 24.3 Å². The lowest BCUT2D eigenvalue weighted by Crippen LogP contribution is -2.21. The molecule has 0 aliphatic carbocycles. The zero-order chi connectivity index (χ0) is 18.4. The van der Waals surface area contributed by atoms with Gasteiger partial charge < -0.3 is 19.5 Å². The molecule has 0 radical (unpaired) electrons. The van der Waals surface area contributed by atoms with Gasteiger partial charge in [0.25, 0.3) is 5.91 Å². The first kappa shape index (κ1) is 18.3. The van der Waals surface area contributed by atoms with Gasteiger partial charge in [-0.05, 0) is 36.8 Å². The quantitative estimate of drug-likeness (QED) is 0.813. The summed E-state index contributed by atoms with van der Waals surface area (Å²) in [7, 11) is 2.98. The Morgan fingerprint density at radius 1 is 1.04 bits per heavy atom. The molecule has 25 heavy (non-hydrogen) atoms. The molecule has 0 aromatic heterocycles. The van der Waals surface area contributed by atoms with Crippen molar-refractivity contribution in [1.82, 2.24) is 0 Å². The van der Waals surface area contributed by atoms with E-state index in [0.29, 0.717) is 22.7 Å². The van der Waals surface area contributed by atoms with E-state index in [0.717, 1.165) is 6.07 Å². The second-order valence-electron chi connectivity index (χ2n) is 5.16. The average molecular weight is 347 g/mol. The third kappa shape index (κ3) is 4.69. The number of carbonyl (C=O) groups excluding carboxylic acids is 2. The van der Waals surface area contributed by atoms with Crippen LogP contribution in [0.15, 0.2) is 36.4 Å². The van der Waals surface area contributed by atoms with Gasteiger partial charge in [0.1, 0.15) is 5.82 Å². The fraction of sp³-hybridized carbons (Fsp3) is 0.222. The summed E-state index contributed by atoms with van der Waals surface area (Å²) < 4.78 is 28.6. The first-order valence-corrected chi connectivity index (χ1v) is 7.39. The molecule has 0 unspecified atom stereocenters. The Kier molecular flexibility index (Phi) is 5.94. The topological polar surface area (TPSA) is 73.9 Å². The Labute approximate surface area is 144 Å². The van der Waals surface area contributed by atoms with E-state index in [-0.39, 0.29) is 5.56 Å². The van der Waals surface area contributed by atoms with E-state index in [1.165, 1.54) is 26.4 Å². The summed E-state index contributed by atoms with van der Waals surface area (Å²) in [6.07, 6.45) is 0. The van der Waals surface area contributed by atoms with Gasteiger partial charge in [-0.25, -0.2) is 9.18 Å². The molecule has 0 spiro atoms. The molecule has 0 aliphatic rings. The number of hydrogen-bond donors (Lipinski definition) is 1. The summed E-state index contributed by atoms with van der Waals surface area (Å²) >= 11 is 0. The molecule has 2 rings (SSSR count). The number of esters is 1. The summed E-state index contributed by atoms with van der Waals surface area (Å²) in [6, 6.07) is 8.81. The van der Waals surface area contributed by atoms with Crippen LogP contribution in [0.3, 0.4) is 0 Å². The van der Waals surface area contributed by atoms with E-state index in [1.54, 1.807) is 25.1 Å². The summed E-state index contributed by atoms with van der Waals surface area (Å²) in [5.41, 5.74) is 0.921. The minimum absolute atomic E-state index is 0.0435. The highest BCUT2D eigenvalue weighted by molar-refractivity contribution is 5.95. The highest BCUT2D eigenvalue weighted by atomic mass is 19.1. The number of amides is 1. The van der Waals surface area contributed by atoms with Crippen molar-refractivity contribution < 1.29 is 28.2 Å². The van der Waals surface area contributed by atoms with Crippen molar-refractivity contribution >= 4 is 17.6 Å². The molecule has 0 bridgehead atoms. The highest BCUT2D eigenvalue weighted by Gasteiger charge is 2.13. The second kappa shape index (κ2) is 8.14. The zero-order valence-electron chi connectivity index (χ0n) is 14.1. The first-order valence-electron chi connectivity index (χ1n) is 7.39. The zero-order valence-corrected chi connectivity index (χ0v) is 14.1. The minimum Gasteiger partial charge on any atom is -0.493 e. The lowest BCUT2D eigenvalue weighted by Gasteiger charge is -2.11. The van der Waals surface area contributed by atoms with E-state index in [1.807, 2.05) is 0 Å². The number of carbonyl (C=O) groups is 2. The van der Waals surface area contributed by atoms with Gasteiger partial charge in [0.05, 0.1) is 19.8 Å². The maximum atomic E-state index is 13.5. The number of anilines is 1. The van der Waals surface area contributed by atoms with Crippen LogP contribution in [0.5, 0.6) is 11.5 Å². The molecule has 0 aliphatic heterocycles. The van der Waals surface area contributed by atoms with E-state index in [9.17, 15) is 14.0 Å². The number of aryl methyl sites for hydroxylation is 1. The van der Waals surface area contributed by atoms with Gasteiger partial charge in [-0.2, -0.15) is 0 Å². The van der Waals surface area contributed by atoms with Crippen LogP contribution in [-0.2, 0) is 9.53 Å². The van der Waals surface area contributed by atoms with E-state index in [2.05, 4.69) is 5.32 Å². The molecular weight excluding hydrogens is 329 g/mol. The molecule has 1 N–H and O–H groups in total. The van der Waals surface area contributed by atoms with Crippen LogP contribution in [0.25, 0.3) is 0 Å². The molecule has 0 atom stereocenters. The summed E-state index contributed by atoms with van der Waals surface area (Å²) in [6.45, 7) is 1.09. The van der Waals surface area contributed by atoms with Gasteiger partial charge in [0.2, 0.25) is 0 Å². The summed E-state index contributed by atoms with van der Waals surface area (Å²) in [4.78, 5) is 23.7. The third-order valence-corrected chi connectivity index (χ3v) is 3.41. The fourth-order valence-electron chi connectivity index (χ4n) is 2.05. The van der Waals surface area contributed by atoms with Gasteiger partial charge in [0, 0.05) is 11.8 Å². The van der Waals surface area contributed by atoms with Gasteiger partial charge >= 0.3 is 5.97 Å². The Hall–Kier alpha value is -3.09. The Morgan fingerprint density at radius 2 is 1.76 bits per heavy atom. The molecular formula is C18H18FNO5. The average Bonchev–Trinajstić information content (AvgIpc) is 2.61. The molecule has 7 heteroatoms. The smallest absolute Gasteiger partial charge is 0.338 e. The van der Waals surface area contributed by atoms with Crippen molar-refractivity contribution in [1.29, 1.82) is 0 Å². The first-order chi connectivity index (χ1) is 11.9. The lowest BCUT2D eigenvalue weighted by molar-refractivity contribution is -0.119. The number of methoxy groups -OCH3 is 2. The number of rotatable bonds is 6. The van der Waals surface area contributed by atoms with Gasteiger partial charge in [-0.1, -0.05) is 6.07 Å². The maximum Gasteiger partial charge on any atom is 0.338 e. The molecule has 0 saturated carbocycles. The second-order valence-corrected chi connectivity index (χ2v) is 5.16. The normalized spacial score (nSPS) is 10.1. The lowest BCUT2D eigenvalue weighted by atomic mass is 10.1. The molecule has 132 valence electrons. The molecule has 6 nitrogen and oxygen atoms in total. The molecule has 1 amide bonds. The largest absolute Gasteiger partial charge is 0.493 e. The number of halogens is 1. The van der Waals surface area contributed by atoms with Crippen LogP contribution in [0.4, 0.5) is 10.1 Å². The Bertz CT molecular complexity index is 791. The number of benzene rings is 2. The van der Waals surface area contributed by atoms with Crippen molar-refractivity contribution in [3.63, 3.8) is 0 Å². The maximum absolute atomic E-state index is 13.5. The molecule has 0 heterocycles. The predicted molar refractivity (Wildman–Crippen MR) is 89.6 cm³/mol. The van der Waals surface area contributed by atoms with Gasteiger partial charge in [0.15, 0.2) is 18.1 Å². The Morgan fingerprint density at radius 3 is 2.40 bits per heavy atom. The molecule has 2 aromatic rings. The number of hydrogen-bond acceptors (Lipinski definition) is 5. The third-order valence-electron chi connectivity index (χ3n) is 3.41.